The Morgan fingerprint density at radius 2 is 1.72 bits per heavy atom. The number of hydrogen-bond acceptors (Lipinski definition) is 7. The molecule has 1 fully saturated rings. The zero-order valence-corrected chi connectivity index (χ0v) is 19.8. The summed E-state index contributed by atoms with van der Waals surface area (Å²) in [5.41, 5.74) is 4.21. The van der Waals surface area contributed by atoms with Crippen LogP contribution < -0.4 is 5.73 Å². The number of anilines is 1. The topological polar surface area (TPSA) is 119 Å². The molecular weight excluding hydrogens is 502 g/mol. The maximum atomic E-state index is 15.0. The zero-order valence-electron chi connectivity index (χ0n) is 19.0. The first-order chi connectivity index (χ1) is 16.9. The smallest absolute Gasteiger partial charge is 0.382 e. The molecule has 0 unspecified atom stereocenters. The number of rotatable bonds is 4. The summed E-state index contributed by atoms with van der Waals surface area (Å²) in [5, 5.41) is -1.82. The van der Waals surface area contributed by atoms with Crippen molar-refractivity contribution in [2.24, 2.45) is 0 Å². The fourth-order valence-corrected chi connectivity index (χ4v) is 5.91. The third-order valence-electron chi connectivity index (χ3n) is 5.97. The predicted octanol–water partition coefficient (Wildman–Crippen LogP) is 3.73. The lowest BCUT2D eigenvalue weighted by Crippen LogP contribution is -2.41. The number of hydrogen-bond donors (Lipinski definition) is 1. The summed E-state index contributed by atoms with van der Waals surface area (Å²) >= 11 is 0. The zero-order chi connectivity index (χ0) is 26.3. The van der Waals surface area contributed by atoms with Crippen molar-refractivity contribution in [2.45, 2.75) is 36.2 Å². The van der Waals surface area contributed by atoms with Crippen molar-refractivity contribution >= 4 is 21.6 Å². The van der Waals surface area contributed by atoms with E-state index in [9.17, 15) is 26.4 Å². The lowest BCUT2D eigenvalue weighted by Gasteiger charge is -2.31. The Balaban J connectivity index is 1.78. The van der Waals surface area contributed by atoms with Gasteiger partial charge in [-0.2, -0.15) is 13.2 Å². The van der Waals surface area contributed by atoms with Gasteiger partial charge in [-0.25, -0.2) is 22.8 Å². The van der Waals surface area contributed by atoms with E-state index in [2.05, 4.69) is 15.0 Å². The molecular formula is C23H21F4N5O3S. The molecule has 0 spiro atoms. The Morgan fingerprint density at radius 1 is 1.06 bits per heavy atom. The van der Waals surface area contributed by atoms with Gasteiger partial charge >= 0.3 is 6.18 Å². The van der Waals surface area contributed by atoms with Crippen LogP contribution in [0.2, 0.25) is 0 Å². The van der Waals surface area contributed by atoms with Crippen molar-refractivity contribution in [3.63, 3.8) is 0 Å². The third-order valence-corrected chi connectivity index (χ3v) is 8.17. The summed E-state index contributed by atoms with van der Waals surface area (Å²) < 4.78 is 82.2. The molecule has 3 aromatic rings. The molecule has 2 aromatic heterocycles. The van der Waals surface area contributed by atoms with Crippen LogP contribution in [0.1, 0.15) is 25.5 Å². The maximum absolute atomic E-state index is 15.0. The van der Waals surface area contributed by atoms with Crippen molar-refractivity contribution < 1.29 is 30.8 Å². The molecule has 0 atom stereocenters. The number of likely N-dealkylation sites (tertiary alicyclic amines) is 1. The largest absolute Gasteiger partial charge is 0.433 e. The van der Waals surface area contributed by atoms with E-state index < -0.39 is 37.8 Å². The molecule has 1 aliphatic heterocycles. The number of pyridine rings is 1. The summed E-state index contributed by atoms with van der Waals surface area (Å²) in [6, 6.07) is 5.34. The van der Waals surface area contributed by atoms with Gasteiger partial charge in [0, 0.05) is 31.1 Å². The van der Waals surface area contributed by atoms with Gasteiger partial charge in [0.1, 0.15) is 17.3 Å². The number of piperidine rings is 1. The van der Waals surface area contributed by atoms with E-state index in [0.29, 0.717) is 6.07 Å². The minimum atomic E-state index is -4.89. The van der Waals surface area contributed by atoms with Gasteiger partial charge < -0.3 is 10.6 Å². The second kappa shape index (κ2) is 9.45. The Morgan fingerprint density at radius 3 is 2.28 bits per heavy atom. The average molecular weight is 524 g/mol. The number of nitrogens with zero attached hydrogens (tertiary/aromatic N) is 4. The van der Waals surface area contributed by atoms with E-state index >= 15 is 4.39 Å². The molecule has 36 heavy (non-hydrogen) atoms. The summed E-state index contributed by atoms with van der Waals surface area (Å²) in [6.07, 6.45) is -2.30. The lowest BCUT2D eigenvalue weighted by molar-refractivity contribution is -0.141. The van der Waals surface area contributed by atoms with Gasteiger partial charge in [-0.05, 0) is 42.7 Å². The second-order valence-corrected chi connectivity index (χ2v) is 10.5. The summed E-state index contributed by atoms with van der Waals surface area (Å²) in [4.78, 5) is 24.4. The highest BCUT2D eigenvalue weighted by molar-refractivity contribution is 7.92. The highest BCUT2D eigenvalue weighted by atomic mass is 32.2. The van der Waals surface area contributed by atoms with E-state index in [-0.39, 0.29) is 60.0 Å². The molecule has 0 bridgehead atoms. The summed E-state index contributed by atoms with van der Waals surface area (Å²) in [5.74, 6) is -0.870. The Hall–Kier alpha value is -3.61. The summed E-state index contributed by atoms with van der Waals surface area (Å²) in [7, 11) is -4.36. The van der Waals surface area contributed by atoms with Crippen molar-refractivity contribution in [2.75, 3.05) is 18.8 Å². The molecule has 0 saturated carbocycles. The molecule has 8 nitrogen and oxygen atoms in total. The van der Waals surface area contributed by atoms with Gasteiger partial charge in [-0.1, -0.05) is 6.07 Å². The fraction of sp³-hybridized carbons (Fsp3) is 0.304. The number of aromatic nitrogens is 3. The number of sulfone groups is 1. The number of alkyl halides is 3. The standard InChI is InChI=1S/C23H21F4N5O3S/c1-13(33)32-8-6-15(7-9-32)36(34,35)22-16(4-5-20(31-22)23(25,26)27)14-2-3-17(18(24)10-14)19-11-30-21(28)12-29-19/h2-5,10-12,15H,6-9H2,1H3,(H2,28,30). The fourth-order valence-electron chi connectivity index (χ4n) is 4.04. The molecule has 13 heteroatoms. The van der Waals surface area contributed by atoms with Crippen LogP contribution in [0.25, 0.3) is 22.4 Å². The van der Waals surface area contributed by atoms with Gasteiger partial charge in [-0.3, -0.25) is 9.78 Å². The van der Waals surface area contributed by atoms with Gasteiger partial charge in [-0.15, -0.1) is 0 Å². The van der Waals surface area contributed by atoms with Crippen LogP contribution in [0.3, 0.4) is 0 Å². The van der Waals surface area contributed by atoms with Crippen LogP contribution in [-0.2, 0) is 20.8 Å². The molecule has 1 saturated heterocycles. The first kappa shape index (κ1) is 25.5. The molecule has 3 heterocycles. The molecule has 0 aliphatic carbocycles. The third kappa shape index (κ3) is 5.01. The molecule has 190 valence electrons. The van der Waals surface area contributed by atoms with Crippen molar-refractivity contribution in [1.29, 1.82) is 0 Å². The van der Waals surface area contributed by atoms with Crippen LogP contribution >= 0.6 is 0 Å². The molecule has 4 rings (SSSR count). The minimum Gasteiger partial charge on any atom is -0.382 e. The van der Waals surface area contributed by atoms with Gasteiger partial charge in [0.15, 0.2) is 14.9 Å². The minimum absolute atomic E-state index is 0.0284. The SMILES string of the molecule is CC(=O)N1CCC(S(=O)(=O)c2nc(C(F)(F)F)ccc2-c2ccc(-c3cnc(N)cn3)c(F)c2)CC1. The maximum Gasteiger partial charge on any atom is 0.433 e. The van der Waals surface area contributed by atoms with Gasteiger partial charge in [0.05, 0.1) is 23.3 Å². The number of nitrogens with two attached hydrogens (primary N) is 1. The quantitative estimate of drug-likeness (QED) is 0.518. The number of carbonyl (C=O) groups excluding carboxylic acids is 1. The molecule has 2 N–H and O–H groups in total. The van der Waals surface area contributed by atoms with Crippen LogP contribution in [0.4, 0.5) is 23.4 Å². The van der Waals surface area contributed by atoms with Gasteiger partial charge in [0.25, 0.3) is 0 Å². The number of benzene rings is 1. The number of nitrogen functional groups attached to an aromatic ring is 1. The average Bonchev–Trinajstić information content (AvgIpc) is 2.84. The number of halogens is 4. The Kier molecular flexibility index (Phi) is 6.69. The van der Waals surface area contributed by atoms with E-state index in [1.165, 1.54) is 36.4 Å². The van der Waals surface area contributed by atoms with Crippen LogP contribution in [-0.4, -0.2) is 52.5 Å². The van der Waals surface area contributed by atoms with E-state index in [1.807, 2.05) is 0 Å². The molecule has 0 radical (unpaired) electrons. The number of amides is 1. The summed E-state index contributed by atoms with van der Waals surface area (Å²) in [6.45, 7) is 1.66. The lowest BCUT2D eigenvalue weighted by atomic mass is 10.0. The molecule has 1 aliphatic rings. The van der Waals surface area contributed by atoms with Gasteiger partial charge in [0.2, 0.25) is 5.91 Å². The van der Waals surface area contributed by atoms with Crippen LogP contribution in [0.15, 0.2) is 47.8 Å². The van der Waals surface area contributed by atoms with E-state index in [0.717, 1.165) is 12.1 Å². The Bertz CT molecular complexity index is 1400. The highest BCUT2D eigenvalue weighted by Gasteiger charge is 2.38. The van der Waals surface area contributed by atoms with Crippen LogP contribution in [0.5, 0.6) is 0 Å². The first-order valence-corrected chi connectivity index (χ1v) is 12.4. The molecule has 1 aromatic carbocycles. The van der Waals surface area contributed by atoms with Crippen molar-refractivity contribution in [3.8, 4) is 22.4 Å². The second-order valence-electron chi connectivity index (χ2n) is 8.32. The van der Waals surface area contributed by atoms with E-state index in [4.69, 9.17) is 5.73 Å². The van der Waals surface area contributed by atoms with Crippen LogP contribution in [0, 0.1) is 5.82 Å². The first-order valence-electron chi connectivity index (χ1n) is 10.8. The number of carbonyl (C=O) groups is 1. The van der Waals surface area contributed by atoms with Crippen molar-refractivity contribution in [3.05, 3.63) is 54.2 Å². The normalized spacial score (nSPS) is 15.2. The van der Waals surface area contributed by atoms with E-state index in [1.54, 1.807) is 0 Å². The highest BCUT2D eigenvalue weighted by Crippen LogP contribution is 2.36. The van der Waals surface area contributed by atoms with Crippen molar-refractivity contribution in [1.82, 2.24) is 19.9 Å². The molecule has 1 amide bonds. The Labute approximate surface area is 204 Å². The predicted molar refractivity (Wildman–Crippen MR) is 123 cm³/mol. The monoisotopic (exact) mass is 523 g/mol.